The Morgan fingerprint density at radius 3 is 2.48 bits per heavy atom. The first-order valence-corrected chi connectivity index (χ1v) is 9.44. The minimum Gasteiger partial charge on any atom is -0.454 e. The molecule has 0 spiro atoms. The third-order valence-corrected chi connectivity index (χ3v) is 5.02. The number of nitrogens with one attached hydrogen (secondary N) is 1. The lowest BCUT2D eigenvalue weighted by atomic mass is 10.1. The van der Waals surface area contributed by atoms with Crippen molar-refractivity contribution in [3.8, 4) is 11.5 Å². The second kappa shape index (κ2) is 8.41. The molecule has 0 aromatic heterocycles. The molecule has 6 heteroatoms. The molecular weight excluding hydrogens is 342 g/mol. The van der Waals surface area contributed by atoms with Crippen LogP contribution >= 0.6 is 0 Å². The molecule has 1 N–H and O–H groups in total. The van der Waals surface area contributed by atoms with Gasteiger partial charge in [-0.3, -0.25) is 9.69 Å². The van der Waals surface area contributed by atoms with Crippen molar-refractivity contribution in [2.24, 2.45) is 0 Å². The molecule has 0 bridgehead atoms. The van der Waals surface area contributed by atoms with Crippen LogP contribution in [0, 0.1) is 0 Å². The Bertz CT molecular complexity index is 773. The second-order valence-corrected chi connectivity index (χ2v) is 6.97. The third-order valence-electron chi connectivity index (χ3n) is 5.02. The van der Waals surface area contributed by atoms with Gasteiger partial charge in [0.15, 0.2) is 11.5 Å². The van der Waals surface area contributed by atoms with Crippen molar-refractivity contribution in [3.05, 3.63) is 54.1 Å². The maximum absolute atomic E-state index is 12.1. The van der Waals surface area contributed by atoms with Gasteiger partial charge in [0.05, 0.1) is 0 Å². The zero-order valence-corrected chi connectivity index (χ0v) is 15.4. The molecule has 0 saturated carbocycles. The number of rotatable bonds is 6. The number of carbonyl (C=O) groups excluding carboxylic acids is 1. The van der Waals surface area contributed by atoms with Gasteiger partial charge in [0.2, 0.25) is 12.7 Å². The summed E-state index contributed by atoms with van der Waals surface area (Å²) in [5, 5.41) is 2.95. The molecular formula is C21H25N3O3. The van der Waals surface area contributed by atoms with Gasteiger partial charge in [-0.2, -0.15) is 0 Å². The predicted molar refractivity (Wildman–Crippen MR) is 104 cm³/mol. The highest BCUT2D eigenvalue weighted by atomic mass is 16.7. The molecule has 2 heterocycles. The Balaban J connectivity index is 1.18. The number of carbonyl (C=O) groups is 1. The van der Waals surface area contributed by atoms with Crippen molar-refractivity contribution >= 4 is 11.6 Å². The molecule has 0 unspecified atom stereocenters. The highest BCUT2D eigenvalue weighted by Gasteiger charge is 2.19. The van der Waals surface area contributed by atoms with Crippen LogP contribution in [0.4, 0.5) is 5.69 Å². The number of ether oxygens (including phenoxy) is 2. The Hall–Kier alpha value is -2.57. The van der Waals surface area contributed by atoms with Crippen LogP contribution in [0.2, 0.25) is 0 Å². The van der Waals surface area contributed by atoms with Crippen molar-refractivity contribution in [2.45, 2.75) is 13.0 Å². The molecule has 27 heavy (non-hydrogen) atoms. The zero-order chi connectivity index (χ0) is 18.5. The summed E-state index contributed by atoms with van der Waals surface area (Å²) in [6.45, 7) is 6.03. The summed E-state index contributed by atoms with van der Waals surface area (Å²) >= 11 is 0. The van der Waals surface area contributed by atoms with Crippen LogP contribution in [0.25, 0.3) is 0 Å². The van der Waals surface area contributed by atoms with Crippen LogP contribution in [-0.4, -0.2) is 55.2 Å². The second-order valence-electron chi connectivity index (χ2n) is 6.97. The van der Waals surface area contributed by atoms with E-state index in [0.29, 0.717) is 13.2 Å². The van der Waals surface area contributed by atoms with Gasteiger partial charge in [0.25, 0.3) is 0 Å². The smallest absolute Gasteiger partial charge is 0.231 e. The van der Waals surface area contributed by atoms with Gasteiger partial charge in [-0.05, 0) is 29.8 Å². The number of fused-ring (bicyclic) bond motifs is 1. The van der Waals surface area contributed by atoms with Crippen LogP contribution < -0.4 is 14.8 Å². The molecule has 2 aromatic carbocycles. The minimum atomic E-state index is 0.0731. The van der Waals surface area contributed by atoms with Gasteiger partial charge in [0.1, 0.15) is 0 Å². The standard InChI is InChI=1S/C21H25N3O3/c25-21(22-18-4-2-1-3-5-18)8-9-23-10-12-24(13-11-23)15-17-6-7-19-20(14-17)27-16-26-19/h1-7,14H,8-13,15-16H2,(H,22,25). The normalized spacial score (nSPS) is 17.0. The summed E-state index contributed by atoms with van der Waals surface area (Å²) in [5.41, 5.74) is 2.10. The van der Waals surface area contributed by atoms with Gasteiger partial charge in [-0.25, -0.2) is 0 Å². The lowest BCUT2D eigenvalue weighted by molar-refractivity contribution is -0.116. The minimum absolute atomic E-state index is 0.0731. The van der Waals surface area contributed by atoms with Crippen molar-refractivity contribution in [1.82, 2.24) is 9.80 Å². The van der Waals surface area contributed by atoms with Gasteiger partial charge in [0, 0.05) is 51.4 Å². The monoisotopic (exact) mass is 367 g/mol. The van der Waals surface area contributed by atoms with Crippen LogP contribution in [0.1, 0.15) is 12.0 Å². The molecule has 6 nitrogen and oxygen atoms in total. The quantitative estimate of drug-likeness (QED) is 0.850. The Morgan fingerprint density at radius 1 is 0.926 bits per heavy atom. The van der Waals surface area contributed by atoms with E-state index in [9.17, 15) is 4.79 Å². The average molecular weight is 367 g/mol. The Labute approximate surface area is 159 Å². The number of hydrogen-bond donors (Lipinski definition) is 1. The largest absolute Gasteiger partial charge is 0.454 e. The van der Waals surface area contributed by atoms with E-state index in [1.54, 1.807) is 0 Å². The molecule has 1 saturated heterocycles. The van der Waals surface area contributed by atoms with E-state index < -0.39 is 0 Å². The molecule has 1 fully saturated rings. The topological polar surface area (TPSA) is 54.0 Å². The molecule has 1 amide bonds. The lowest BCUT2D eigenvalue weighted by Gasteiger charge is -2.34. The molecule has 0 atom stereocenters. The number of hydrogen-bond acceptors (Lipinski definition) is 5. The molecule has 0 radical (unpaired) electrons. The maximum atomic E-state index is 12.1. The first-order chi connectivity index (χ1) is 13.3. The Morgan fingerprint density at radius 2 is 1.67 bits per heavy atom. The molecule has 142 valence electrons. The highest BCUT2D eigenvalue weighted by molar-refractivity contribution is 5.90. The van der Waals surface area contributed by atoms with Gasteiger partial charge >= 0.3 is 0 Å². The van der Waals surface area contributed by atoms with E-state index >= 15 is 0 Å². The van der Waals surface area contributed by atoms with Crippen molar-refractivity contribution in [2.75, 3.05) is 44.8 Å². The number of amides is 1. The van der Waals surface area contributed by atoms with Crippen molar-refractivity contribution < 1.29 is 14.3 Å². The summed E-state index contributed by atoms with van der Waals surface area (Å²) in [7, 11) is 0. The maximum Gasteiger partial charge on any atom is 0.231 e. The first-order valence-electron chi connectivity index (χ1n) is 9.44. The summed E-state index contributed by atoms with van der Waals surface area (Å²) in [6.07, 6.45) is 0.525. The molecule has 0 aliphatic carbocycles. The van der Waals surface area contributed by atoms with Crippen molar-refractivity contribution in [1.29, 1.82) is 0 Å². The van der Waals surface area contributed by atoms with E-state index in [1.165, 1.54) is 5.56 Å². The number of nitrogens with zero attached hydrogens (tertiary/aromatic N) is 2. The number of benzene rings is 2. The summed E-state index contributed by atoms with van der Waals surface area (Å²) in [6, 6.07) is 15.8. The number of para-hydroxylation sites is 1. The van der Waals surface area contributed by atoms with Gasteiger partial charge < -0.3 is 19.7 Å². The number of anilines is 1. The van der Waals surface area contributed by atoms with Gasteiger partial charge in [-0.1, -0.05) is 24.3 Å². The van der Waals surface area contributed by atoms with E-state index in [0.717, 1.165) is 56.5 Å². The van der Waals surface area contributed by atoms with E-state index in [-0.39, 0.29) is 5.91 Å². The highest BCUT2D eigenvalue weighted by Crippen LogP contribution is 2.32. The predicted octanol–water partition coefficient (Wildman–Crippen LogP) is 2.56. The third kappa shape index (κ3) is 4.78. The van der Waals surface area contributed by atoms with Crippen LogP contribution in [0.3, 0.4) is 0 Å². The molecule has 2 aliphatic heterocycles. The average Bonchev–Trinajstić information content (AvgIpc) is 3.16. The van der Waals surface area contributed by atoms with Crippen LogP contribution in [0.15, 0.2) is 48.5 Å². The van der Waals surface area contributed by atoms with Crippen LogP contribution in [0.5, 0.6) is 11.5 Å². The zero-order valence-electron chi connectivity index (χ0n) is 15.4. The van der Waals surface area contributed by atoms with E-state index in [4.69, 9.17) is 9.47 Å². The summed E-state index contributed by atoms with van der Waals surface area (Å²) in [5.74, 6) is 1.75. The van der Waals surface area contributed by atoms with Gasteiger partial charge in [-0.15, -0.1) is 0 Å². The van der Waals surface area contributed by atoms with E-state index in [2.05, 4.69) is 27.2 Å². The Kier molecular flexibility index (Phi) is 5.55. The van der Waals surface area contributed by atoms with Crippen LogP contribution in [-0.2, 0) is 11.3 Å². The molecule has 2 aliphatic rings. The first kappa shape index (κ1) is 17.8. The fraction of sp³-hybridized carbons (Fsp3) is 0.381. The molecule has 4 rings (SSSR count). The summed E-state index contributed by atoms with van der Waals surface area (Å²) in [4.78, 5) is 16.9. The van der Waals surface area contributed by atoms with Crippen molar-refractivity contribution in [3.63, 3.8) is 0 Å². The lowest BCUT2D eigenvalue weighted by Crippen LogP contribution is -2.46. The SMILES string of the molecule is O=C(CCN1CCN(Cc2ccc3c(c2)OCO3)CC1)Nc1ccccc1. The number of piperazine rings is 1. The fourth-order valence-corrected chi connectivity index (χ4v) is 3.47. The van der Waals surface area contributed by atoms with E-state index in [1.807, 2.05) is 36.4 Å². The summed E-state index contributed by atoms with van der Waals surface area (Å²) < 4.78 is 10.8. The molecule has 2 aromatic rings. The fourth-order valence-electron chi connectivity index (χ4n) is 3.47.